The van der Waals surface area contributed by atoms with Gasteiger partial charge in [0.2, 0.25) is 5.91 Å². The van der Waals surface area contributed by atoms with E-state index < -0.39 is 5.97 Å². The van der Waals surface area contributed by atoms with Crippen molar-refractivity contribution in [1.82, 2.24) is 0 Å². The van der Waals surface area contributed by atoms with Crippen LogP contribution in [0.2, 0.25) is 0 Å². The number of thiophene rings is 1. The van der Waals surface area contributed by atoms with Crippen LogP contribution in [0, 0.1) is 12.7 Å². The Hall–Kier alpha value is -1.90. The Bertz CT molecular complexity index is 775. The van der Waals surface area contributed by atoms with E-state index in [0.717, 1.165) is 4.88 Å². The number of halogens is 1. The van der Waals surface area contributed by atoms with Crippen molar-refractivity contribution in [2.45, 2.75) is 13.8 Å². The molecule has 1 aromatic carbocycles. The molecule has 0 atom stereocenters. The smallest absolute Gasteiger partial charge is 0.341 e. The van der Waals surface area contributed by atoms with Crippen LogP contribution in [0.1, 0.15) is 22.2 Å². The van der Waals surface area contributed by atoms with Gasteiger partial charge in [-0.2, -0.15) is 11.8 Å². The maximum Gasteiger partial charge on any atom is 0.341 e. The van der Waals surface area contributed by atoms with E-state index in [2.05, 4.69) is 5.32 Å². The van der Waals surface area contributed by atoms with Crippen molar-refractivity contribution in [1.29, 1.82) is 0 Å². The van der Waals surface area contributed by atoms with Crippen molar-refractivity contribution in [3.63, 3.8) is 0 Å². The fourth-order valence-corrected chi connectivity index (χ4v) is 4.05. The molecule has 1 heterocycles. The second kappa shape index (κ2) is 9.70. The number of anilines is 1. The Morgan fingerprint density at radius 3 is 2.62 bits per heavy atom. The number of carbonyl (C=O) groups is 2. The van der Waals surface area contributed by atoms with Gasteiger partial charge in [0.15, 0.2) is 0 Å². The minimum atomic E-state index is -0.513. The number of nitrogens with two attached hydrogens (primary N) is 1. The largest absolute Gasteiger partial charge is 0.462 e. The number of esters is 1. The van der Waals surface area contributed by atoms with Crippen LogP contribution in [0.25, 0.3) is 11.1 Å². The summed E-state index contributed by atoms with van der Waals surface area (Å²) >= 11 is 2.73. The first-order valence-electron chi connectivity index (χ1n) is 8.12. The summed E-state index contributed by atoms with van der Waals surface area (Å²) in [4.78, 5) is 25.5. The minimum Gasteiger partial charge on any atom is -0.462 e. The quantitative estimate of drug-likeness (QED) is 0.526. The highest BCUT2D eigenvalue weighted by molar-refractivity contribution is 7.99. The van der Waals surface area contributed by atoms with Gasteiger partial charge in [0.1, 0.15) is 16.4 Å². The van der Waals surface area contributed by atoms with Gasteiger partial charge < -0.3 is 15.8 Å². The number of nitrogens with one attached hydrogen (secondary N) is 1. The first kappa shape index (κ1) is 20.4. The zero-order chi connectivity index (χ0) is 19.1. The predicted octanol–water partition coefficient (Wildman–Crippen LogP) is 3.67. The lowest BCUT2D eigenvalue weighted by molar-refractivity contribution is -0.113. The van der Waals surface area contributed by atoms with E-state index in [-0.39, 0.29) is 24.1 Å². The second-order valence-electron chi connectivity index (χ2n) is 5.35. The van der Waals surface area contributed by atoms with Gasteiger partial charge in [0.05, 0.1) is 12.4 Å². The Morgan fingerprint density at radius 2 is 2.00 bits per heavy atom. The summed E-state index contributed by atoms with van der Waals surface area (Å²) in [6, 6.07) is 5.89. The van der Waals surface area contributed by atoms with Gasteiger partial charge in [-0.1, -0.05) is 12.1 Å². The maximum atomic E-state index is 13.3. The molecule has 2 aromatic rings. The molecule has 0 aliphatic rings. The van der Waals surface area contributed by atoms with Crippen LogP contribution in [0.4, 0.5) is 9.39 Å². The lowest BCUT2D eigenvalue weighted by Crippen LogP contribution is -2.17. The third-order valence-corrected chi connectivity index (χ3v) is 5.46. The van der Waals surface area contributed by atoms with E-state index in [1.807, 2.05) is 6.92 Å². The highest BCUT2D eigenvalue weighted by Crippen LogP contribution is 2.40. The van der Waals surface area contributed by atoms with Gasteiger partial charge in [-0.15, -0.1) is 11.3 Å². The van der Waals surface area contributed by atoms with Crippen LogP contribution < -0.4 is 11.1 Å². The molecule has 8 heteroatoms. The molecule has 0 radical (unpaired) electrons. The summed E-state index contributed by atoms with van der Waals surface area (Å²) in [5, 5.41) is 3.24. The molecule has 0 fully saturated rings. The van der Waals surface area contributed by atoms with Crippen LogP contribution in [0.15, 0.2) is 24.3 Å². The Labute approximate surface area is 160 Å². The monoisotopic (exact) mass is 396 g/mol. The van der Waals surface area contributed by atoms with Crippen LogP contribution in [-0.2, 0) is 9.53 Å². The SMILES string of the molecule is CCOC(=O)c1c(NC(=O)CSCCN)sc(C)c1-c1ccc(F)cc1. The maximum absolute atomic E-state index is 13.3. The summed E-state index contributed by atoms with van der Waals surface area (Å²) < 4.78 is 18.4. The lowest BCUT2D eigenvalue weighted by atomic mass is 10.0. The molecule has 1 aromatic heterocycles. The number of hydrogen-bond acceptors (Lipinski definition) is 6. The fraction of sp³-hybridized carbons (Fsp3) is 0.333. The van der Waals surface area contributed by atoms with Crippen LogP contribution in [-0.4, -0.2) is 36.5 Å². The van der Waals surface area contributed by atoms with Crippen molar-refractivity contribution in [3.8, 4) is 11.1 Å². The number of thioether (sulfide) groups is 1. The molecule has 0 bridgehead atoms. The second-order valence-corrected chi connectivity index (χ2v) is 7.68. The molecule has 0 aliphatic carbocycles. The minimum absolute atomic E-state index is 0.207. The summed E-state index contributed by atoms with van der Waals surface area (Å²) in [5.74, 6) is -0.142. The molecule has 0 saturated heterocycles. The normalized spacial score (nSPS) is 10.6. The number of benzene rings is 1. The number of ether oxygens (including phenoxy) is 1. The molecule has 5 nitrogen and oxygen atoms in total. The van der Waals surface area contributed by atoms with Crippen molar-refractivity contribution < 1.29 is 18.7 Å². The van der Waals surface area contributed by atoms with Gasteiger partial charge >= 0.3 is 5.97 Å². The number of carbonyl (C=O) groups excluding carboxylic acids is 2. The lowest BCUT2D eigenvalue weighted by Gasteiger charge is -2.09. The standard InChI is InChI=1S/C18H21FN2O3S2/c1-3-24-18(23)16-15(12-4-6-13(19)7-5-12)11(2)26-17(16)21-14(22)10-25-9-8-20/h4-7H,3,8-10,20H2,1-2H3,(H,21,22). The number of rotatable bonds is 8. The Morgan fingerprint density at radius 1 is 1.31 bits per heavy atom. The molecule has 3 N–H and O–H groups in total. The highest BCUT2D eigenvalue weighted by Gasteiger charge is 2.25. The highest BCUT2D eigenvalue weighted by atomic mass is 32.2. The Kier molecular flexibility index (Phi) is 7.62. The first-order chi connectivity index (χ1) is 12.5. The molecular formula is C18H21FN2O3S2. The van der Waals surface area contributed by atoms with Crippen molar-refractivity contribution >= 4 is 40.0 Å². The Balaban J connectivity index is 2.39. The third kappa shape index (κ3) is 5.06. The zero-order valence-electron chi connectivity index (χ0n) is 14.6. The van der Waals surface area contributed by atoms with E-state index in [1.54, 1.807) is 19.1 Å². The van der Waals surface area contributed by atoms with Crippen molar-refractivity contribution in [2.75, 3.05) is 30.0 Å². The molecule has 0 unspecified atom stereocenters. The van der Waals surface area contributed by atoms with Crippen LogP contribution in [0.5, 0.6) is 0 Å². The molecule has 0 aliphatic heterocycles. The number of aryl methyl sites for hydroxylation is 1. The average molecular weight is 397 g/mol. The zero-order valence-corrected chi connectivity index (χ0v) is 16.3. The van der Waals surface area contributed by atoms with Gasteiger partial charge in [-0.25, -0.2) is 9.18 Å². The summed E-state index contributed by atoms with van der Waals surface area (Å²) in [6.07, 6.45) is 0. The van der Waals surface area contributed by atoms with Gasteiger partial charge in [0, 0.05) is 22.7 Å². The molecule has 26 heavy (non-hydrogen) atoms. The molecule has 0 saturated carbocycles. The van der Waals surface area contributed by atoms with Gasteiger partial charge in [0.25, 0.3) is 0 Å². The summed E-state index contributed by atoms with van der Waals surface area (Å²) in [7, 11) is 0. The summed E-state index contributed by atoms with van der Waals surface area (Å²) in [6.45, 7) is 4.29. The molecule has 140 valence electrons. The molecule has 0 spiro atoms. The number of hydrogen-bond donors (Lipinski definition) is 2. The van der Waals surface area contributed by atoms with Crippen LogP contribution >= 0.6 is 23.1 Å². The molecule has 2 rings (SSSR count). The van der Waals surface area contributed by atoms with E-state index >= 15 is 0 Å². The molecule has 1 amide bonds. The number of amides is 1. The first-order valence-corrected chi connectivity index (χ1v) is 10.1. The fourth-order valence-electron chi connectivity index (χ4n) is 2.41. The van der Waals surface area contributed by atoms with Crippen molar-refractivity contribution in [3.05, 3.63) is 40.5 Å². The van der Waals surface area contributed by atoms with Gasteiger partial charge in [-0.05, 0) is 31.5 Å². The topological polar surface area (TPSA) is 81.4 Å². The van der Waals surface area contributed by atoms with Crippen molar-refractivity contribution in [2.24, 2.45) is 5.73 Å². The van der Waals surface area contributed by atoms with E-state index in [9.17, 15) is 14.0 Å². The third-order valence-electron chi connectivity index (χ3n) is 3.45. The molecular weight excluding hydrogens is 375 g/mol. The van der Waals surface area contributed by atoms with E-state index in [1.165, 1.54) is 35.2 Å². The van der Waals surface area contributed by atoms with E-state index in [0.29, 0.717) is 34.0 Å². The van der Waals surface area contributed by atoms with Crippen LogP contribution in [0.3, 0.4) is 0 Å². The van der Waals surface area contributed by atoms with E-state index in [4.69, 9.17) is 10.5 Å². The van der Waals surface area contributed by atoms with Gasteiger partial charge in [-0.3, -0.25) is 4.79 Å². The predicted molar refractivity (Wildman–Crippen MR) is 105 cm³/mol. The average Bonchev–Trinajstić information content (AvgIpc) is 2.92. The summed E-state index contributed by atoms with van der Waals surface area (Å²) in [5.41, 5.74) is 7.07.